The van der Waals surface area contributed by atoms with Crippen molar-refractivity contribution in [2.75, 3.05) is 0 Å². The molecule has 0 saturated heterocycles. The Morgan fingerprint density at radius 2 is 0.714 bits per heavy atom. The van der Waals surface area contributed by atoms with Gasteiger partial charge in [-0.15, -0.1) is 0 Å². The lowest BCUT2D eigenvalue weighted by Gasteiger charge is -2.32. The average Bonchev–Trinajstić information content (AvgIpc) is 3.33. The van der Waals surface area contributed by atoms with Crippen LogP contribution in [0.15, 0.2) is 121 Å². The van der Waals surface area contributed by atoms with Crippen molar-refractivity contribution in [3.8, 4) is 55.6 Å². The van der Waals surface area contributed by atoms with E-state index in [0.29, 0.717) is 0 Å². The van der Waals surface area contributed by atoms with Crippen LogP contribution in [0.1, 0.15) is 52.7 Å². The van der Waals surface area contributed by atoms with Crippen LogP contribution in [0.3, 0.4) is 0 Å². The maximum Gasteiger partial charge on any atom is -0.000742 e. The van der Waals surface area contributed by atoms with Gasteiger partial charge in [-0.25, -0.2) is 0 Å². The molecule has 0 atom stereocenters. The SMILES string of the molecule is CC(C)(C)c1cc(C(C)(C)C)c2c(-c3ccccc3)c(-c3ccccc3)c(-c3ccccc3)c3c2c1-c1ccccc1-3. The van der Waals surface area contributed by atoms with Crippen LogP contribution < -0.4 is 0 Å². The van der Waals surface area contributed by atoms with Gasteiger partial charge in [-0.2, -0.15) is 0 Å². The Balaban J connectivity index is 1.87. The fraction of sp³-hybridized carbons (Fsp3) is 0.190. The van der Waals surface area contributed by atoms with E-state index in [1.165, 1.54) is 77.5 Å². The minimum absolute atomic E-state index is 0.0177. The molecule has 0 spiro atoms. The summed E-state index contributed by atoms with van der Waals surface area (Å²) in [6.45, 7) is 14.2. The molecule has 0 N–H and O–H groups in total. The third-order valence-electron chi connectivity index (χ3n) is 8.85. The third kappa shape index (κ3) is 4.04. The van der Waals surface area contributed by atoms with Gasteiger partial charge in [0.05, 0.1) is 0 Å². The predicted octanol–water partition coefficient (Wildman–Crippen LogP) is 12.1. The summed E-state index contributed by atoms with van der Waals surface area (Å²) in [5.41, 5.74) is 16.0. The molecule has 0 radical (unpaired) electrons. The van der Waals surface area contributed by atoms with E-state index in [1.54, 1.807) is 0 Å². The van der Waals surface area contributed by atoms with Gasteiger partial charge in [0, 0.05) is 0 Å². The molecule has 42 heavy (non-hydrogen) atoms. The van der Waals surface area contributed by atoms with Crippen molar-refractivity contribution in [1.29, 1.82) is 0 Å². The van der Waals surface area contributed by atoms with E-state index in [1.807, 2.05) is 0 Å². The Bertz CT molecular complexity index is 1950. The lowest BCUT2D eigenvalue weighted by Crippen LogP contribution is -2.18. The summed E-state index contributed by atoms with van der Waals surface area (Å²) in [7, 11) is 0. The maximum absolute atomic E-state index is 2.55. The van der Waals surface area contributed by atoms with Crippen molar-refractivity contribution < 1.29 is 0 Å². The van der Waals surface area contributed by atoms with Crippen molar-refractivity contribution in [3.63, 3.8) is 0 Å². The molecule has 7 rings (SSSR count). The molecule has 0 amide bonds. The zero-order valence-electron chi connectivity index (χ0n) is 25.5. The Morgan fingerprint density at radius 3 is 1.17 bits per heavy atom. The second kappa shape index (κ2) is 9.57. The first kappa shape index (κ1) is 26.5. The van der Waals surface area contributed by atoms with E-state index < -0.39 is 0 Å². The number of fused-ring (bicyclic) bond motifs is 3. The predicted molar refractivity (Wildman–Crippen MR) is 182 cm³/mol. The van der Waals surface area contributed by atoms with Crippen molar-refractivity contribution >= 4 is 10.8 Å². The lowest BCUT2D eigenvalue weighted by molar-refractivity contribution is 0.574. The molecule has 0 heterocycles. The number of rotatable bonds is 3. The first-order valence-electron chi connectivity index (χ1n) is 15.1. The van der Waals surface area contributed by atoms with Crippen LogP contribution >= 0.6 is 0 Å². The van der Waals surface area contributed by atoms with Gasteiger partial charge in [-0.05, 0) is 88.4 Å². The topological polar surface area (TPSA) is 0 Å². The van der Waals surface area contributed by atoms with E-state index >= 15 is 0 Å². The van der Waals surface area contributed by atoms with Gasteiger partial charge in [0.25, 0.3) is 0 Å². The summed E-state index contributed by atoms with van der Waals surface area (Å²) in [5, 5.41) is 2.80. The van der Waals surface area contributed by atoms with Gasteiger partial charge in [0.2, 0.25) is 0 Å². The summed E-state index contributed by atoms with van der Waals surface area (Å²) in [6.07, 6.45) is 0. The van der Waals surface area contributed by atoms with Crippen molar-refractivity contribution in [3.05, 3.63) is 132 Å². The number of hydrogen-bond donors (Lipinski definition) is 0. The molecule has 1 aliphatic carbocycles. The molecule has 1 aliphatic rings. The van der Waals surface area contributed by atoms with Gasteiger partial charge >= 0.3 is 0 Å². The Morgan fingerprint density at radius 1 is 0.333 bits per heavy atom. The molecular formula is C42H38. The van der Waals surface area contributed by atoms with Crippen molar-refractivity contribution in [1.82, 2.24) is 0 Å². The van der Waals surface area contributed by atoms with Crippen molar-refractivity contribution in [2.24, 2.45) is 0 Å². The summed E-state index contributed by atoms with van der Waals surface area (Å²) < 4.78 is 0. The second-order valence-corrected chi connectivity index (χ2v) is 13.7. The first-order chi connectivity index (χ1) is 20.2. The second-order valence-electron chi connectivity index (χ2n) is 13.7. The molecule has 0 unspecified atom stereocenters. The highest BCUT2D eigenvalue weighted by Crippen LogP contribution is 2.60. The largest absolute Gasteiger partial charge is 0.0622 e. The number of benzene rings is 6. The minimum atomic E-state index is -0.0592. The molecule has 6 aromatic carbocycles. The molecule has 6 aromatic rings. The van der Waals surface area contributed by atoms with E-state index in [2.05, 4.69) is 163 Å². The zero-order chi connectivity index (χ0) is 29.2. The lowest BCUT2D eigenvalue weighted by atomic mass is 9.72. The van der Waals surface area contributed by atoms with Gasteiger partial charge < -0.3 is 0 Å². The van der Waals surface area contributed by atoms with Gasteiger partial charge in [-0.1, -0.05) is 163 Å². The molecular weight excluding hydrogens is 504 g/mol. The molecule has 0 saturated carbocycles. The van der Waals surface area contributed by atoms with E-state index in [0.717, 1.165) is 0 Å². The van der Waals surface area contributed by atoms with Crippen LogP contribution in [0.25, 0.3) is 66.4 Å². The van der Waals surface area contributed by atoms with E-state index in [9.17, 15) is 0 Å². The van der Waals surface area contributed by atoms with E-state index in [4.69, 9.17) is 0 Å². The molecule has 0 bridgehead atoms. The summed E-state index contributed by atoms with van der Waals surface area (Å²) in [6, 6.07) is 44.8. The van der Waals surface area contributed by atoms with Gasteiger partial charge in [0.1, 0.15) is 0 Å². The standard InChI is InChI=1S/C42H38/c1-41(2,3)32-26-33(42(4,5)6)39-36(29-22-14-9-15-23-29)34(27-18-10-7-11-19-27)35(28-20-12-8-13-21-28)38-31-25-17-16-24-30(31)37(32)40(38)39/h7-26H,1-6H3. The highest BCUT2D eigenvalue weighted by Gasteiger charge is 2.37. The number of hydrogen-bond acceptors (Lipinski definition) is 0. The Hall–Kier alpha value is -4.42. The summed E-state index contributed by atoms with van der Waals surface area (Å²) >= 11 is 0. The van der Waals surface area contributed by atoms with Crippen LogP contribution in [0.2, 0.25) is 0 Å². The molecule has 0 nitrogen and oxygen atoms in total. The summed E-state index contributed by atoms with van der Waals surface area (Å²) in [5.74, 6) is 0. The maximum atomic E-state index is 2.55. The highest BCUT2D eigenvalue weighted by atomic mass is 14.4. The highest BCUT2D eigenvalue weighted by molar-refractivity contribution is 6.28. The van der Waals surface area contributed by atoms with Crippen LogP contribution in [0, 0.1) is 0 Å². The normalized spacial score (nSPS) is 12.5. The molecule has 0 aliphatic heterocycles. The summed E-state index contributed by atoms with van der Waals surface area (Å²) in [4.78, 5) is 0. The van der Waals surface area contributed by atoms with Gasteiger partial charge in [0.15, 0.2) is 0 Å². The zero-order valence-corrected chi connectivity index (χ0v) is 25.5. The van der Waals surface area contributed by atoms with Crippen LogP contribution in [0.5, 0.6) is 0 Å². The quantitative estimate of drug-likeness (QED) is 0.208. The fourth-order valence-corrected chi connectivity index (χ4v) is 7.02. The van der Waals surface area contributed by atoms with Crippen LogP contribution in [0.4, 0.5) is 0 Å². The van der Waals surface area contributed by atoms with E-state index in [-0.39, 0.29) is 10.8 Å². The third-order valence-corrected chi connectivity index (χ3v) is 8.85. The van der Waals surface area contributed by atoms with Crippen LogP contribution in [-0.4, -0.2) is 0 Å². The Kier molecular flexibility index (Phi) is 6.03. The van der Waals surface area contributed by atoms with Gasteiger partial charge in [-0.3, -0.25) is 0 Å². The smallest absolute Gasteiger partial charge is 0.000742 e. The Labute approximate surface area is 250 Å². The minimum Gasteiger partial charge on any atom is -0.0622 e. The van der Waals surface area contributed by atoms with Crippen LogP contribution in [-0.2, 0) is 10.8 Å². The molecule has 0 aromatic heterocycles. The molecule has 206 valence electrons. The first-order valence-corrected chi connectivity index (χ1v) is 15.1. The fourth-order valence-electron chi connectivity index (χ4n) is 7.02. The monoisotopic (exact) mass is 542 g/mol. The molecule has 0 heteroatoms. The molecule has 0 fully saturated rings. The van der Waals surface area contributed by atoms with Crippen molar-refractivity contribution in [2.45, 2.75) is 52.4 Å². The average molecular weight is 543 g/mol.